The maximum atomic E-state index is 3.25. The summed E-state index contributed by atoms with van der Waals surface area (Å²) in [4.78, 5) is 0. The van der Waals surface area contributed by atoms with E-state index < -0.39 is 0 Å². The van der Waals surface area contributed by atoms with Gasteiger partial charge in [-0.15, -0.1) is 0 Å². The van der Waals surface area contributed by atoms with Crippen molar-refractivity contribution in [1.29, 1.82) is 0 Å². The zero-order chi connectivity index (χ0) is 18.0. The molecule has 0 N–H and O–H groups in total. The normalized spacial score (nSPS) is 11.3. The summed E-state index contributed by atoms with van der Waals surface area (Å²) in [6, 6.07) is 24.5. The van der Waals surface area contributed by atoms with Gasteiger partial charge in [0.1, 0.15) is 0 Å². The summed E-state index contributed by atoms with van der Waals surface area (Å²) in [7, 11) is 0. The third-order valence-electron chi connectivity index (χ3n) is 4.78. The third kappa shape index (κ3) is 3.89. The quantitative estimate of drug-likeness (QED) is 0.474. The van der Waals surface area contributed by atoms with Crippen LogP contribution in [0.3, 0.4) is 0 Å². The summed E-state index contributed by atoms with van der Waals surface area (Å²) in [6.45, 7) is 8.94. The first-order valence-corrected chi connectivity index (χ1v) is 9.83. The van der Waals surface area contributed by atoms with E-state index in [1.807, 2.05) is 0 Å². The molecule has 0 nitrogen and oxygen atoms in total. The second-order valence-electron chi connectivity index (χ2n) is 7.23. The maximum absolute atomic E-state index is 3.25. The molecule has 3 aromatic rings. The van der Waals surface area contributed by atoms with Crippen molar-refractivity contribution in [1.82, 2.24) is 0 Å². The Labute approximate surface area is 160 Å². The number of hydrogen-bond acceptors (Lipinski definition) is 0. The number of benzene rings is 3. The molecule has 0 saturated carbocycles. The predicted molar refractivity (Wildman–Crippen MR) is 111 cm³/mol. The van der Waals surface area contributed by atoms with Gasteiger partial charge in [0.15, 0.2) is 0 Å². The van der Waals surface area contributed by atoms with Gasteiger partial charge in [-0.25, -0.2) is 0 Å². The summed E-state index contributed by atoms with van der Waals surface area (Å²) in [5, 5.41) is 0. The predicted octanol–water partition coefficient (Wildman–Crippen LogP) is 6.06. The summed E-state index contributed by atoms with van der Waals surface area (Å²) >= 11 is 3.25. The van der Waals surface area contributed by atoms with Crippen LogP contribution in [0.4, 0.5) is 0 Å². The minimum absolute atomic E-state index is 0.556. The van der Waals surface area contributed by atoms with Crippen molar-refractivity contribution in [2.24, 2.45) is 0 Å². The van der Waals surface area contributed by atoms with Gasteiger partial charge in [-0.1, -0.05) is 0 Å². The Bertz CT molecular complexity index is 840. The van der Waals surface area contributed by atoms with Crippen LogP contribution in [0, 0.1) is 0 Å². The summed E-state index contributed by atoms with van der Waals surface area (Å²) in [5.41, 5.74) is 7.86. The van der Waals surface area contributed by atoms with E-state index in [2.05, 4.69) is 110 Å². The van der Waals surface area contributed by atoms with Crippen LogP contribution in [0.5, 0.6) is 0 Å². The second kappa shape index (κ2) is 7.60. The molecule has 0 atom stereocenters. The van der Waals surface area contributed by atoms with Crippen molar-refractivity contribution in [3.05, 3.63) is 77.9 Å². The van der Waals surface area contributed by atoms with E-state index in [-0.39, 0.29) is 0 Å². The second-order valence-corrected chi connectivity index (χ2v) is 8.15. The van der Waals surface area contributed by atoms with Crippen LogP contribution in [0.15, 0.2) is 66.7 Å². The van der Waals surface area contributed by atoms with Crippen LogP contribution < -0.4 is 4.46 Å². The minimum atomic E-state index is 0.556. The van der Waals surface area contributed by atoms with E-state index in [4.69, 9.17) is 0 Å². The van der Waals surface area contributed by atoms with Crippen LogP contribution in [0.2, 0.25) is 0 Å². The van der Waals surface area contributed by atoms with Crippen molar-refractivity contribution >= 4 is 20.5 Å². The average molecular weight is 392 g/mol. The molecule has 25 heavy (non-hydrogen) atoms. The van der Waals surface area contributed by atoms with Gasteiger partial charge in [-0.3, -0.25) is 0 Å². The Morgan fingerprint density at radius 3 is 1.56 bits per heavy atom. The zero-order valence-corrected chi connectivity index (χ0v) is 17.1. The molecule has 3 aromatic carbocycles. The Balaban J connectivity index is 2.08. The molecule has 0 aliphatic carbocycles. The van der Waals surface area contributed by atoms with E-state index in [1.165, 1.54) is 37.8 Å². The van der Waals surface area contributed by atoms with Gasteiger partial charge < -0.3 is 0 Å². The zero-order valence-electron chi connectivity index (χ0n) is 15.4. The molecule has 0 aliphatic heterocycles. The van der Waals surface area contributed by atoms with Gasteiger partial charge >= 0.3 is 160 Å². The van der Waals surface area contributed by atoms with Crippen LogP contribution in [-0.2, 0) is 0 Å². The number of hydrogen-bond donors (Lipinski definition) is 0. The van der Waals surface area contributed by atoms with E-state index in [0.29, 0.717) is 11.8 Å². The van der Waals surface area contributed by atoms with Gasteiger partial charge in [-0.2, -0.15) is 0 Å². The topological polar surface area (TPSA) is 0 Å². The fourth-order valence-electron chi connectivity index (χ4n) is 3.15. The standard InChI is InChI=1S/C24H25Se/c1-16(2)18-8-12-20(13-9-18)22-6-5-7-23(25)24(22)21-14-10-19(11-15-21)17(3)4/h5-17H,1-4H3. The molecule has 0 heterocycles. The first-order valence-electron chi connectivity index (χ1n) is 8.98. The molecule has 0 unspecified atom stereocenters. The van der Waals surface area contributed by atoms with Crippen LogP contribution in [0.1, 0.15) is 50.7 Å². The van der Waals surface area contributed by atoms with Crippen molar-refractivity contribution in [2.75, 3.05) is 0 Å². The Hall–Kier alpha value is -1.82. The molecular weight excluding hydrogens is 367 g/mol. The molecule has 0 amide bonds. The fraction of sp³-hybridized carbons (Fsp3) is 0.250. The monoisotopic (exact) mass is 393 g/mol. The molecule has 127 valence electrons. The van der Waals surface area contributed by atoms with E-state index in [1.54, 1.807) is 0 Å². The molecular formula is C24H25Se. The van der Waals surface area contributed by atoms with Crippen molar-refractivity contribution in [2.45, 2.75) is 39.5 Å². The molecule has 0 aliphatic rings. The van der Waals surface area contributed by atoms with Gasteiger partial charge in [-0.05, 0) is 0 Å². The van der Waals surface area contributed by atoms with Gasteiger partial charge in [0.25, 0.3) is 0 Å². The van der Waals surface area contributed by atoms with E-state index in [0.717, 1.165) is 0 Å². The molecule has 1 heteroatoms. The van der Waals surface area contributed by atoms with Gasteiger partial charge in [0.2, 0.25) is 0 Å². The van der Waals surface area contributed by atoms with E-state index >= 15 is 0 Å². The average Bonchev–Trinajstić information content (AvgIpc) is 2.61. The van der Waals surface area contributed by atoms with Crippen molar-refractivity contribution in [3.8, 4) is 22.3 Å². The van der Waals surface area contributed by atoms with Gasteiger partial charge in [0, 0.05) is 0 Å². The van der Waals surface area contributed by atoms with E-state index in [9.17, 15) is 0 Å². The van der Waals surface area contributed by atoms with Crippen molar-refractivity contribution in [3.63, 3.8) is 0 Å². The van der Waals surface area contributed by atoms with Crippen molar-refractivity contribution < 1.29 is 0 Å². The third-order valence-corrected chi connectivity index (χ3v) is 5.49. The SMILES string of the molecule is CC(C)c1ccc(-c2cccc([Se])c2-c2ccc(C(C)C)cc2)cc1. The fourth-order valence-corrected chi connectivity index (χ4v) is 3.79. The number of rotatable bonds is 4. The molecule has 0 aromatic heterocycles. The molecule has 3 rings (SSSR count). The molecule has 0 bridgehead atoms. The summed E-state index contributed by atoms with van der Waals surface area (Å²) in [6.07, 6.45) is 0. The summed E-state index contributed by atoms with van der Waals surface area (Å²) in [5.74, 6) is 1.11. The first-order chi connectivity index (χ1) is 12.0. The summed E-state index contributed by atoms with van der Waals surface area (Å²) < 4.78 is 1.20. The van der Waals surface area contributed by atoms with Crippen LogP contribution in [-0.4, -0.2) is 16.0 Å². The Morgan fingerprint density at radius 1 is 0.600 bits per heavy atom. The van der Waals surface area contributed by atoms with Gasteiger partial charge in [0.05, 0.1) is 0 Å². The Kier molecular flexibility index (Phi) is 5.47. The molecule has 0 spiro atoms. The van der Waals surface area contributed by atoms with Crippen LogP contribution in [0.25, 0.3) is 22.3 Å². The molecule has 1 radical (unpaired) electrons. The first kappa shape index (κ1) is 18.0. The Morgan fingerprint density at radius 2 is 1.08 bits per heavy atom. The molecule has 0 fully saturated rings. The molecule has 0 saturated heterocycles. The van der Waals surface area contributed by atoms with Crippen LogP contribution >= 0.6 is 0 Å².